The van der Waals surface area contributed by atoms with Crippen LogP contribution in [-0.4, -0.2) is 7.05 Å². The lowest BCUT2D eigenvalue weighted by molar-refractivity contribution is 0.585. The Morgan fingerprint density at radius 1 is 0.512 bits per heavy atom. The molecule has 1 aromatic rings. The van der Waals surface area contributed by atoms with E-state index in [-0.39, 0.29) is 0 Å². The summed E-state index contributed by atoms with van der Waals surface area (Å²) in [6.45, 7) is 18.8. The maximum atomic E-state index is 4.29. The fourth-order valence-corrected chi connectivity index (χ4v) is 5.24. The van der Waals surface area contributed by atoms with Crippen molar-refractivity contribution in [2.24, 2.45) is 0 Å². The Bertz CT molecular complexity index is 632. The van der Waals surface area contributed by atoms with Crippen LogP contribution < -0.4 is 5.32 Å². The van der Waals surface area contributed by atoms with Gasteiger partial charge in [0.25, 0.3) is 0 Å². The molecule has 0 aliphatic heterocycles. The van der Waals surface area contributed by atoms with E-state index in [4.69, 9.17) is 0 Å². The summed E-state index contributed by atoms with van der Waals surface area (Å²) < 4.78 is 0. The molecule has 242 valence electrons. The largest absolute Gasteiger partial charge is 0.316 e. The molecule has 1 N–H and O–H groups in total. The van der Waals surface area contributed by atoms with Crippen molar-refractivity contribution in [3.05, 3.63) is 47.0 Å². The van der Waals surface area contributed by atoms with Crippen LogP contribution in [0.5, 0.6) is 0 Å². The molecule has 1 nitrogen and oxygen atoms in total. The van der Waals surface area contributed by atoms with Gasteiger partial charge in [0.15, 0.2) is 0 Å². The second-order valence-electron chi connectivity index (χ2n) is 12.5. The molecule has 0 amide bonds. The average molecular weight is 572 g/mol. The maximum Gasteiger partial charge on any atom is 0.0202 e. The average Bonchev–Trinajstić information content (AvgIpc) is 2.96. The highest BCUT2D eigenvalue weighted by Crippen LogP contribution is 2.18. The fourth-order valence-electron chi connectivity index (χ4n) is 5.24. The van der Waals surface area contributed by atoms with Crippen molar-refractivity contribution >= 4 is 0 Å². The van der Waals surface area contributed by atoms with Crippen LogP contribution in [0, 0.1) is 6.92 Å². The normalized spacial score (nSPS) is 10.5. The van der Waals surface area contributed by atoms with Crippen molar-refractivity contribution in [2.45, 2.75) is 202 Å². The summed E-state index contributed by atoms with van der Waals surface area (Å²) in [4.78, 5) is 0. The first-order chi connectivity index (χ1) is 20.0. The number of allylic oxidation sites excluding steroid dienone is 1. The van der Waals surface area contributed by atoms with Gasteiger partial charge in [0, 0.05) is 6.54 Å². The lowest BCUT2D eigenvalue weighted by Gasteiger charge is -2.09. The van der Waals surface area contributed by atoms with E-state index >= 15 is 0 Å². The third-order valence-corrected chi connectivity index (χ3v) is 7.89. The second kappa shape index (κ2) is 35.1. The van der Waals surface area contributed by atoms with Gasteiger partial charge >= 0.3 is 0 Å². The van der Waals surface area contributed by atoms with E-state index in [1.165, 1.54) is 164 Å². The van der Waals surface area contributed by atoms with Crippen LogP contribution in [0.25, 0.3) is 0 Å². The van der Waals surface area contributed by atoms with Gasteiger partial charge in [-0.1, -0.05) is 199 Å². The van der Waals surface area contributed by atoms with E-state index in [9.17, 15) is 0 Å². The summed E-state index contributed by atoms with van der Waals surface area (Å²) >= 11 is 0. The summed E-state index contributed by atoms with van der Waals surface area (Å²) in [6.07, 6.45) is 33.1. The molecule has 0 heterocycles. The molecule has 1 aromatic carbocycles. The number of hydrogen-bond donors (Lipinski definition) is 1. The number of nitrogens with one attached hydrogen (secondary N) is 1. The van der Waals surface area contributed by atoms with Crippen LogP contribution >= 0.6 is 0 Å². The van der Waals surface area contributed by atoms with Gasteiger partial charge in [-0.25, -0.2) is 0 Å². The van der Waals surface area contributed by atoms with Crippen LogP contribution in [0.4, 0.5) is 0 Å². The van der Waals surface area contributed by atoms with E-state index in [2.05, 4.69) is 71.6 Å². The predicted molar refractivity (Wildman–Crippen MR) is 191 cm³/mol. The van der Waals surface area contributed by atoms with E-state index in [1.54, 1.807) is 0 Å². The lowest BCUT2D eigenvalue weighted by Crippen LogP contribution is -2.05. The summed E-state index contributed by atoms with van der Waals surface area (Å²) in [7, 11) is 2.01. The Morgan fingerprint density at radius 2 is 0.878 bits per heavy atom. The van der Waals surface area contributed by atoms with Crippen LogP contribution in [-0.2, 0) is 13.0 Å². The molecule has 0 fully saturated rings. The molecule has 0 radical (unpaired) electrons. The van der Waals surface area contributed by atoms with Gasteiger partial charge in [-0.15, -0.1) is 0 Å². The highest BCUT2D eigenvalue weighted by atomic mass is 14.8. The van der Waals surface area contributed by atoms with Crippen LogP contribution in [0.1, 0.15) is 199 Å². The molecule has 0 saturated carbocycles. The molecular formula is C40H77N. The van der Waals surface area contributed by atoms with Gasteiger partial charge in [0.05, 0.1) is 0 Å². The standard InChI is InChI=1S/C22H37N.C10H22.C8H18/c1-5-6-7-8-9-10-11-12-19(2)13-14-21-15-20(3)16-22(17-21)18-23-4;1-3-5-7-9-10-8-6-4-2;1-3-5-7-8-6-4-2/h15-17,23H,2,5-14,18H2,1,3-4H3;3-10H2,1-2H3;3-8H2,1-2H3. The summed E-state index contributed by atoms with van der Waals surface area (Å²) in [6, 6.07) is 6.93. The molecule has 1 rings (SSSR count). The number of hydrogen-bond acceptors (Lipinski definition) is 1. The second-order valence-corrected chi connectivity index (χ2v) is 12.5. The molecular weight excluding hydrogens is 494 g/mol. The van der Waals surface area contributed by atoms with Crippen molar-refractivity contribution in [2.75, 3.05) is 7.05 Å². The fraction of sp³-hybridized carbons (Fsp3) is 0.800. The van der Waals surface area contributed by atoms with Crippen LogP contribution in [0.15, 0.2) is 30.4 Å². The number of benzene rings is 1. The van der Waals surface area contributed by atoms with E-state index in [0.29, 0.717) is 0 Å². The molecule has 0 bridgehead atoms. The Balaban J connectivity index is 0. The van der Waals surface area contributed by atoms with E-state index in [0.717, 1.165) is 19.4 Å². The van der Waals surface area contributed by atoms with Gasteiger partial charge in [0.1, 0.15) is 0 Å². The minimum atomic E-state index is 0.952. The molecule has 0 saturated heterocycles. The summed E-state index contributed by atoms with van der Waals surface area (Å²) in [5.41, 5.74) is 5.64. The van der Waals surface area contributed by atoms with Crippen LogP contribution in [0.3, 0.4) is 0 Å². The zero-order valence-corrected chi connectivity index (χ0v) is 29.6. The summed E-state index contributed by atoms with van der Waals surface area (Å²) in [5.74, 6) is 0. The van der Waals surface area contributed by atoms with Gasteiger partial charge in [-0.2, -0.15) is 0 Å². The Kier molecular flexibility index (Phi) is 36.0. The third-order valence-electron chi connectivity index (χ3n) is 7.89. The first-order valence-corrected chi connectivity index (χ1v) is 18.4. The SMILES string of the molecule is C=C(CCCCCCCCC)CCc1cc(C)cc(CNC)c1.CCCCCCCC.CCCCCCCCCC. The molecule has 0 aliphatic rings. The smallest absolute Gasteiger partial charge is 0.0202 e. The monoisotopic (exact) mass is 572 g/mol. The molecule has 41 heavy (non-hydrogen) atoms. The Hall–Kier alpha value is -1.08. The molecule has 0 spiro atoms. The quantitative estimate of drug-likeness (QED) is 0.0909. The van der Waals surface area contributed by atoms with Gasteiger partial charge in [0.2, 0.25) is 0 Å². The van der Waals surface area contributed by atoms with Crippen molar-refractivity contribution in [1.29, 1.82) is 0 Å². The zero-order chi connectivity index (χ0) is 30.8. The zero-order valence-electron chi connectivity index (χ0n) is 29.6. The molecule has 0 atom stereocenters. The van der Waals surface area contributed by atoms with Gasteiger partial charge in [-0.05, 0) is 50.8 Å². The Morgan fingerprint density at radius 3 is 1.27 bits per heavy atom. The number of aryl methyl sites for hydroxylation is 2. The van der Waals surface area contributed by atoms with Crippen LogP contribution in [0.2, 0.25) is 0 Å². The number of rotatable bonds is 25. The summed E-state index contributed by atoms with van der Waals surface area (Å²) in [5, 5.41) is 3.24. The molecule has 1 heteroatoms. The van der Waals surface area contributed by atoms with E-state index < -0.39 is 0 Å². The molecule has 0 aliphatic carbocycles. The highest BCUT2D eigenvalue weighted by Gasteiger charge is 2.01. The first-order valence-electron chi connectivity index (χ1n) is 18.4. The minimum Gasteiger partial charge on any atom is -0.316 e. The number of unbranched alkanes of at least 4 members (excludes halogenated alkanes) is 18. The molecule has 0 aromatic heterocycles. The van der Waals surface area contributed by atoms with E-state index in [1.807, 2.05) is 7.05 Å². The molecule has 0 unspecified atom stereocenters. The highest BCUT2D eigenvalue weighted by molar-refractivity contribution is 5.30. The first kappa shape index (κ1) is 42.1. The van der Waals surface area contributed by atoms with Crippen molar-refractivity contribution in [1.82, 2.24) is 5.32 Å². The third kappa shape index (κ3) is 33.3. The van der Waals surface area contributed by atoms with Gasteiger partial charge in [-0.3, -0.25) is 0 Å². The maximum absolute atomic E-state index is 4.29. The predicted octanol–water partition coefficient (Wildman–Crippen LogP) is 13.9. The van der Waals surface area contributed by atoms with Crippen molar-refractivity contribution in [3.8, 4) is 0 Å². The van der Waals surface area contributed by atoms with Gasteiger partial charge < -0.3 is 5.32 Å². The van der Waals surface area contributed by atoms with Crippen molar-refractivity contribution in [3.63, 3.8) is 0 Å². The topological polar surface area (TPSA) is 12.0 Å². The Labute approximate surface area is 261 Å². The lowest BCUT2D eigenvalue weighted by atomic mass is 9.98. The van der Waals surface area contributed by atoms with Crippen molar-refractivity contribution < 1.29 is 0 Å². The minimum absolute atomic E-state index is 0.952.